The molecule has 3 rings (SSSR count). The third-order valence-electron chi connectivity index (χ3n) is 4.71. The van der Waals surface area contributed by atoms with Crippen LogP contribution in [0.25, 0.3) is 10.9 Å². The van der Waals surface area contributed by atoms with Crippen molar-refractivity contribution in [2.75, 3.05) is 13.1 Å². The van der Waals surface area contributed by atoms with Crippen LogP contribution in [0.2, 0.25) is 0 Å². The molecule has 1 aromatic heterocycles. The zero-order valence-corrected chi connectivity index (χ0v) is 12.3. The summed E-state index contributed by atoms with van der Waals surface area (Å²) in [6, 6.07) is 6.95. The molecule has 19 heavy (non-hydrogen) atoms. The second-order valence-corrected chi connectivity index (χ2v) is 5.80. The molecule has 1 aliphatic rings. The van der Waals surface area contributed by atoms with Crippen LogP contribution in [0, 0.1) is 6.92 Å². The molecular formula is C17H24N2. The van der Waals surface area contributed by atoms with Gasteiger partial charge in [0, 0.05) is 29.6 Å². The van der Waals surface area contributed by atoms with Crippen molar-refractivity contribution >= 4 is 10.9 Å². The van der Waals surface area contributed by atoms with Crippen LogP contribution in [0.3, 0.4) is 0 Å². The summed E-state index contributed by atoms with van der Waals surface area (Å²) in [5, 5.41) is 4.92. The number of aromatic nitrogens is 1. The summed E-state index contributed by atoms with van der Waals surface area (Å²) >= 11 is 0. The SMILES string of the molecule is CCc1ccc2c(c1)c(C)c(C1CCNCC1)n2C. The van der Waals surface area contributed by atoms with Gasteiger partial charge in [-0.3, -0.25) is 0 Å². The first kappa shape index (κ1) is 12.7. The highest BCUT2D eigenvalue weighted by Crippen LogP contribution is 2.34. The monoisotopic (exact) mass is 256 g/mol. The van der Waals surface area contributed by atoms with Gasteiger partial charge in [-0.1, -0.05) is 13.0 Å². The number of rotatable bonds is 2. The Hall–Kier alpha value is -1.28. The van der Waals surface area contributed by atoms with Gasteiger partial charge in [-0.25, -0.2) is 0 Å². The Labute approximate surface area is 115 Å². The van der Waals surface area contributed by atoms with Gasteiger partial charge in [0.25, 0.3) is 0 Å². The average molecular weight is 256 g/mol. The van der Waals surface area contributed by atoms with Crippen LogP contribution in [-0.2, 0) is 13.5 Å². The first-order valence-corrected chi connectivity index (χ1v) is 7.51. The molecule has 1 aliphatic heterocycles. The van der Waals surface area contributed by atoms with Crippen molar-refractivity contribution in [2.24, 2.45) is 7.05 Å². The summed E-state index contributed by atoms with van der Waals surface area (Å²) in [5.41, 5.74) is 5.89. The number of hydrogen-bond acceptors (Lipinski definition) is 1. The molecule has 2 heteroatoms. The molecule has 1 aromatic carbocycles. The molecule has 0 spiro atoms. The molecule has 2 heterocycles. The largest absolute Gasteiger partial charge is 0.347 e. The zero-order chi connectivity index (χ0) is 13.4. The maximum absolute atomic E-state index is 3.47. The lowest BCUT2D eigenvalue weighted by molar-refractivity contribution is 0.445. The minimum absolute atomic E-state index is 0.726. The predicted molar refractivity (Wildman–Crippen MR) is 81.9 cm³/mol. The molecule has 0 unspecified atom stereocenters. The van der Waals surface area contributed by atoms with Crippen LogP contribution in [0.4, 0.5) is 0 Å². The van der Waals surface area contributed by atoms with Gasteiger partial charge in [0.1, 0.15) is 0 Å². The summed E-state index contributed by atoms with van der Waals surface area (Å²) in [5.74, 6) is 0.726. The van der Waals surface area contributed by atoms with E-state index in [0.717, 1.165) is 25.4 Å². The van der Waals surface area contributed by atoms with Crippen molar-refractivity contribution in [3.63, 3.8) is 0 Å². The number of hydrogen-bond donors (Lipinski definition) is 1. The Morgan fingerprint density at radius 2 is 2.00 bits per heavy atom. The van der Waals surface area contributed by atoms with E-state index in [4.69, 9.17) is 0 Å². The van der Waals surface area contributed by atoms with Crippen molar-refractivity contribution in [3.8, 4) is 0 Å². The van der Waals surface area contributed by atoms with Crippen LogP contribution < -0.4 is 5.32 Å². The van der Waals surface area contributed by atoms with E-state index in [1.54, 1.807) is 5.69 Å². The first-order chi connectivity index (χ1) is 9.22. The van der Waals surface area contributed by atoms with E-state index in [2.05, 4.69) is 49.0 Å². The fraction of sp³-hybridized carbons (Fsp3) is 0.529. The standard InChI is InChI=1S/C17H24N2/c1-4-13-5-6-16-15(11-13)12(2)17(19(16)3)14-7-9-18-10-8-14/h5-6,11,14,18H,4,7-10H2,1-3H3. The van der Waals surface area contributed by atoms with Crippen molar-refractivity contribution in [2.45, 2.75) is 39.0 Å². The minimum atomic E-state index is 0.726. The van der Waals surface area contributed by atoms with Gasteiger partial charge in [0.2, 0.25) is 0 Å². The molecule has 0 amide bonds. The van der Waals surface area contributed by atoms with Crippen LogP contribution in [0.15, 0.2) is 18.2 Å². The maximum atomic E-state index is 3.47. The van der Waals surface area contributed by atoms with E-state index >= 15 is 0 Å². The van der Waals surface area contributed by atoms with E-state index in [0.29, 0.717) is 0 Å². The summed E-state index contributed by atoms with van der Waals surface area (Å²) in [6.07, 6.45) is 3.66. The minimum Gasteiger partial charge on any atom is -0.347 e. The number of piperidine rings is 1. The van der Waals surface area contributed by atoms with Gasteiger partial charge < -0.3 is 9.88 Å². The third-order valence-corrected chi connectivity index (χ3v) is 4.71. The van der Waals surface area contributed by atoms with E-state index in [1.807, 2.05) is 0 Å². The lowest BCUT2D eigenvalue weighted by Gasteiger charge is -2.24. The van der Waals surface area contributed by atoms with Crippen LogP contribution in [-0.4, -0.2) is 17.7 Å². The van der Waals surface area contributed by atoms with E-state index in [-0.39, 0.29) is 0 Å². The fourth-order valence-electron chi connectivity index (χ4n) is 3.59. The van der Waals surface area contributed by atoms with Crippen LogP contribution in [0.1, 0.15) is 42.5 Å². The molecular weight excluding hydrogens is 232 g/mol. The number of nitrogens with one attached hydrogen (secondary N) is 1. The summed E-state index contributed by atoms with van der Waals surface area (Å²) < 4.78 is 2.43. The maximum Gasteiger partial charge on any atom is 0.0482 e. The van der Waals surface area contributed by atoms with Crippen LogP contribution in [0.5, 0.6) is 0 Å². The molecule has 2 nitrogen and oxygen atoms in total. The van der Waals surface area contributed by atoms with Gasteiger partial charge in [-0.15, -0.1) is 0 Å². The molecule has 1 N–H and O–H groups in total. The molecule has 1 saturated heterocycles. The van der Waals surface area contributed by atoms with E-state index < -0.39 is 0 Å². The molecule has 2 aromatic rings. The Balaban J connectivity index is 2.13. The van der Waals surface area contributed by atoms with Gasteiger partial charge >= 0.3 is 0 Å². The lowest BCUT2D eigenvalue weighted by Crippen LogP contribution is -2.27. The van der Waals surface area contributed by atoms with Gasteiger partial charge in [0.05, 0.1) is 0 Å². The molecule has 0 saturated carbocycles. The second-order valence-electron chi connectivity index (χ2n) is 5.80. The number of nitrogens with zero attached hydrogens (tertiary/aromatic N) is 1. The summed E-state index contributed by atoms with van der Waals surface area (Å²) in [4.78, 5) is 0. The summed E-state index contributed by atoms with van der Waals surface area (Å²) in [7, 11) is 2.23. The lowest BCUT2D eigenvalue weighted by atomic mass is 9.92. The molecule has 0 aliphatic carbocycles. The molecule has 0 radical (unpaired) electrons. The molecule has 102 valence electrons. The topological polar surface area (TPSA) is 17.0 Å². The zero-order valence-electron chi connectivity index (χ0n) is 12.3. The predicted octanol–water partition coefficient (Wildman–Crippen LogP) is 3.52. The van der Waals surface area contributed by atoms with Crippen molar-refractivity contribution in [3.05, 3.63) is 35.0 Å². The second kappa shape index (κ2) is 5.01. The Kier molecular flexibility index (Phi) is 3.36. The number of aryl methyl sites for hydroxylation is 3. The van der Waals surface area contributed by atoms with Crippen molar-refractivity contribution < 1.29 is 0 Å². The van der Waals surface area contributed by atoms with E-state index in [1.165, 1.54) is 34.9 Å². The Bertz CT molecular complexity index is 589. The Morgan fingerprint density at radius 1 is 1.26 bits per heavy atom. The highest BCUT2D eigenvalue weighted by Gasteiger charge is 2.22. The highest BCUT2D eigenvalue weighted by atomic mass is 15.0. The fourth-order valence-corrected chi connectivity index (χ4v) is 3.59. The van der Waals surface area contributed by atoms with Crippen molar-refractivity contribution in [1.82, 2.24) is 9.88 Å². The third kappa shape index (κ3) is 2.08. The molecule has 0 bridgehead atoms. The van der Waals surface area contributed by atoms with Gasteiger partial charge in [-0.2, -0.15) is 0 Å². The quantitative estimate of drug-likeness (QED) is 0.870. The van der Waals surface area contributed by atoms with Gasteiger partial charge in [0.15, 0.2) is 0 Å². The summed E-state index contributed by atoms with van der Waals surface area (Å²) in [6.45, 7) is 6.85. The van der Waals surface area contributed by atoms with Gasteiger partial charge in [-0.05, 0) is 62.5 Å². The smallest absolute Gasteiger partial charge is 0.0482 e. The normalized spacial score (nSPS) is 17.2. The highest BCUT2D eigenvalue weighted by molar-refractivity contribution is 5.86. The first-order valence-electron chi connectivity index (χ1n) is 7.51. The van der Waals surface area contributed by atoms with E-state index in [9.17, 15) is 0 Å². The number of benzene rings is 1. The molecule has 0 atom stereocenters. The number of fused-ring (bicyclic) bond motifs is 1. The van der Waals surface area contributed by atoms with Crippen LogP contribution >= 0.6 is 0 Å². The van der Waals surface area contributed by atoms with Crippen molar-refractivity contribution in [1.29, 1.82) is 0 Å². The molecule has 1 fully saturated rings. The Morgan fingerprint density at radius 3 is 2.68 bits per heavy atom. The average Bonchev–Trinajstić information content (AvgIpc) is 2.71.